The third kappa shape index (κ3) is 14.9. The second-order valence-electron chi connectivity index (χ2n) is 15.0. The summed E-state index contributed by atoms with van der Waals surface area (Å²) in [4.78, 5) is 86.2. The van der Waals surface area contributed by atoms with E-state index in [-0.39, 0.29) is 31.5 Å². The van der Waals surface area contributed by atoms with Crippen LogP contribution in [0.1, 0.15) is 100 Å². The van der Waals surface area contributed by atoms with Crippen LogP contribution in [0.15, 0.2) is 61.1 Å². The molecule has 1 heterocycles. The summed E-state index contributed by atoms with van der Waals surface area (Å²) in [6.45, 7) is 6.54. The molecule has 14 heteroatoms. The Morgan fingerprint density at radius 1 is 0.821 bits per heavy atom. The van der Waals surface area contributed by atoms with E-state index in [1.165, 1.54) is 25.0 Å². The van der Waals surface area contributed by atoms with Gasteiger partial charge in [0.05, 0.1) is 24.8 Å². The van der Waals surface area contributed by atoms with Crippen LogP contribution in [0.5, 0.6) is 0 Å². The van der Waals surface area contributed by atoms with Crippen LogP contribution in [-0.4, -0.2) is 75.6 Å². The minimum Gasteiger partial charge on any atom is -0.450 e. The zero-order valence-corrected chi connectivity index (χ0v) is 33.2. The van der Waals surface area contributed by atoms with Crippen molar-refractivity contribution in [3.05, 3.63) is 77.9 Å². The van der Waals surface area contributed by atoms with Gasteiger partial charge >= 0.3 is 0 Å². The third-order valence-corrected chi connectivity index (χ3v) is 10.2. The van der Waals surface area contributed by atoms with Gasteiger partial charge in [-0.3, -0.25) is 28.8 Å². The van der Waals surface area contributed by atoms with Crippen molar-refractivity contribution in [1.82, 2.24) is 20.6 Å². The Morgan fingerprint density at radius 2 is 1.45 bits per heavy atom. The Labute approximate surface area is 330 Å². The van der Waals surface area contributed by atoms with Gasteiger partial charge < -0.3 is 32.1 Å². The number of aromatic nitrogens is 2. The van der Waals surface area contributed by atoms with E-state index in [2.05, 4.69) is 51.8 Å². The molecule has 0 spiro atoms. The zero-order valence-electron chi connectivity index (χ0n) is 33.2. The van der Waals surface area contributed by atoms with E-state index in [0.717, 1.165) is 30.4 Å². The molecule has 0 aliphatic rings. The van der Waals surface area contributed by atoms with Crippen LogP contribution in [0, 0.1) is 11.8 Å². The molecule has 0 aliphatic heterocycles. The highest BCUT2D eigenvalue weighted by molar-refractivity contribution is 6.50. The van der Waals surface area contributed by atoms with Gasteiger partial charge in [0.1, 0.15) is 0 Å². The number of aromatic amines is 1. The number of nitrogens with one attached hydrogen (secondary N) is 3. The van der Waals surface area contributed by atoms with Crippen LogP contribution in [0.25, 0.3) is 11.1 Å². The van der Waals surface area contributed by atoms with Crippen molar-refractivity contribution in [1.29, 1.82) is 0 Å². The average molecular weight is 771 g/mol. The number of imidazole rings is 1. The molecule has 0 saturated heterocycles. The Morgan fingerprint density at radius 3 is 2.02 bits per heavy atom. The lowest BCUT2D eigenvalue weighted by molar-refractivity contribution is -0.134. The molecular formula is C42H59BN6O7. The molecule has 5 atom stereocenters. The smallest absolute Gasteiger partial charge is 0.289 e. The number of nitrogens with two attached hydrogens (primary N) is 2. The van der Waals surface area contributed by atoms with Crippen molar-refractivity contribution in [3.8, 4) is 11.1 Å². The van der Waals surface area contributed by atoms with Crippen molar-refractivity contribution in [2.75, 3.05) is 6.54 Å². The number of aryl methyl sites for hydroxylation is 1. The Kier molecular flexibility index (Phi) is 18.8. The predicted molar refractivity (Wildman–Crippen MR) is 217 cm³/mol. The van der Waals surface area contributed by atoms with E-state index in [0.29, 0.717) is 37.1 Å². The van der Waals surface area contributed by atoms with Gasteiger partial charge in [0.2, 0.25) is 17.7 Å². The van der Waals surface area contributed by atoms with E-state index < -0.39 is 72.4 Å². The molecule has 8 N–H and O–H groups in total. The van der Waals surface area contributed by atoms with Gasteiger partial charge in [-0.25, -0.2) is 4.98 Å². The highest BCUT2D eigenvalue weighted by Crippen LogP contribution is 2.24. The number of carbonyl (C=O) groups is 6. The maximum atomic E-state index is 13.9. The Bertz CT molecular complexity index is 1730. The molecule has 1 aromatic heterocycles. The zero-order chi connectivity index (χ0) is 41.2. The van der Waals surface area contributed by atoms with Crippen LogP contribution in [0.2, 0.25) is 12.6 Å². The first-order valence-electron chi connectivity index (χ1n) is 19.7. The number of hydrogen-bond donors (Lipinski definition) is 6. The number of primary amides is 1. The summed E-state index contributed by atoms with van der Waals surface area (Å²) in [5.41, 5.74) is 15.5. The van der Waals surface area contributed by atoms with Crippen LogP contribution < -0.4 is 22.1 Å². The van der Waals surface area contributed by atoms with E-state index in [1.54, 1.807) is 25.9 Å². The van der Waals surface area contributed by atoms with Crippen LogP contribution >= 0.6 is 0 Å². The lowest BCUT2D eigenvalue weighted by Crippen LogP contribution is -2.48. The maximum absolute atomic E-state index is 13.9. The molecule has 3 aromatic rings. The number of carbonyl (C=O) groups excluding carboxylic acids is 6. The van der Waals surface area contributed by atoms with Crippen LogP contribution in [-0.2, 0) is 36.8 Å². The number of unbranched alkanes of at least 4 members (excludes halogenated alkanes) is 2. The molecule has 302 valence electrons. The summed E-state index contributed by atoms with van der Waals surface area (Å²) in [5, 5.41) is 15.2. The largest absolute Gasteiger partial charge is 0.450 e. The van der Waals surface area contributed by atoms with Gasteiger partial charge in [0.15, 0.2) is 17.3 Å². The summed E-state index contributed by atoms with van der Waals surface area (Å²) in [6, 6.07) is 13.5. The standard InChI is InChI=1S/C42H59BN6O7/c1-5-6-9-29-11-13-30(14-12-29)31-15-17-32(18-16-31)37(50)22-33(10-7-8-19-44)42(55)49-35(23-34-25-46-26-47-34)38(51)20-27(2)41(54)48-36(24-40(45)53)39(52)21-28(3)43(4)56/h11-18,25-28,33,35-36,56H,5-10,19-24,44H2,1-4H3,(H2,45,53)(H,46,47)(H,48,54)(H,49,55)/t27-,28-,33-,35+,36+/m1/s1. The molecule has 0 radical (unpaired) electrons. The lowest BCUT2D eigenvalue weighted by atomic mass is 9.58. The molecule has 3 rings (SSSR count). The van der Waals surface area contributed by atoms with Crippen molar-refractivity contribution < 1.29 is 33.8 Å². The number of Topliss-reactive ketones (excluding diaryl/α,β-unsaturated/α-hetero) is 3. The van der Waals surface area contributed by atoms with Gasteiger partial charge in [0, 0.05) is 55.0 Å². The Hall–Kier alpha value is -4.95. The molecule has 56 heavy (non-hydrogen) atoms. The minimum atomic E-state index is -1.22. The molecule has 3 amide bonds. The molecule has 0 unspecified atom stereocenters. The summed E-state index contributed by atoms with van der Waals surface area (Å²) in [5.74, 6) is -5.12. The van der Waals surface area contributed by atoms with Crippen LogP contribution in [0.4, 0.5) is 0 Å². The lowest BCUT2D eigenvalue weighted by Gasteiger charge is -2.24. The highest BCUT2D eigenvalue weighted by atomic mass is 16.2. The van der Waals surface area contributed by atoms with Gasteiger partial charge in [-0.1, -0.05) is 89.0 Å². The first kappa shape index (κ1) is 45.4. The Balaban J connectivity index is 1.73. The number of rotatable bonds is 26. The number of ketones is 3. The molecule has 13 nitrogen and oxygen atoms in total. The quantitative estimate of drug-likeness (QED) is 0.0386. The molecule has 0 bridgehead atoms. The number of amides is 3. The van der Waals surface area contributed by atoms with Gasteiger partial charge in [-0.2, -0.15) is 0 Å². The van der Waals surface area contributed by atoms with Gasteiger partial charge in [0.25, 0.3) is 6.92 Å². The molecule has 0 saturated carbocycles. The molecular weight excluding hydrogens is 711 g/mol. The maximum Gasteiger partial charge on any atom is 0.289 e. The molecule has 2 aromatic carbocycles. The van der Waals surface area contributed by atoms with Gasteiger partial charge in [-0.05, 0) is 54.7 Å². The number of hydrogen-bond acceptors (Lipinski definition) is 9. The van der Waals surface area contributed by atoms with Crippen LogP contribution in [0.3, 0.4) is 0 Å². The van der Waals surface area contributed by atoms with Crippen molar-refractivity contribution >= 4 is 42.0 Å². The predicted octanol–water partition coefficient (Wildman–Crippen LogP) is 4.38. The van der Waals surface area contributed by atoms with E-state index in [4.69, 9.17) is 11.5 Å². The first-order valence-corrected chi connectivity index (χ1v) is 19.7. The SMILES string of the molecule is CCCCc1ccc(-c2ccc(C(=O)C[C@@H](CCCCN)C(=O)N[C@@H](Cc3cnc[nH]3)C(=O)C[C@@H](C)C(=O)N[C@@H](CC(N)=O)C(=O)C[C@@H](C)B(C)O)cc2)cc1. The van der Waals surface area contributed by atoms with Gasteiger partial charge in [-0.15, -0.1) is 0 Å². The minimum absolute atomic E-state index is 0.0590. The molecule has 0 fully saturated rings. The second-order valence-corrected chi connectivity index (χ2v) is 15.0. The van der Waals surface area contributed by atoms with E-state index >= 15 is 0 Å². The normalized spacial score (nSPS) is 13.8. The van der Waals surface area contributed by atoms with Crippen molar-refractivity contribution in [2.45, 2.75) is 116 Å². The fourth-order valence-corrected chi connectivity index (χ4v) is 6.37. The van der Waals surface area contributed by atoms with Crippen molar-refractivity contribution in [3.63, 3.8) is 0 Å². The first-order chi connectivity index (χ1) is 26.7. The average Bonchev–Trinajstić information content (AvgIpc) is 3.69. The highest BCUT2D eigenvalue weighted by Gasteiger charge is 2.32. The van der Waals surface area contributed by atoms with E-state index in [1.807, 2.05) is 12.1 Å². The fraction of sp³-hybridized carbons (Fsp3) is 0.500. The van der Waals surface area contributed by atoms with E-state index in [9.17, 15) is 33.8 Å². The summed E-state index contributed by atoms with van der Waals surface area (Å²) in [7, 11) is 0. The fourth-order valence-electron chi connectivity index (χ4n) is 6.37. The molecule has 0 aliphatic carbocycles. The number of nitrogens with zero attached hydrogens (tertiary/aromatic N) is 1. The monoisotopic (exact) mass is 770 g/mol. The second kappa shape index (κ2) is 23.2. The topological polar surface area (TPSA) is 227 Å². The third-order valence-electron chi connectivity index (χ3n) is 10.2. The summed E-state index contributed by atoms with van der Waals surface area (Å²) >= 11 is 0. The number of benzene rings is 2. The summed E-state index contributed by atoms with van der Waals surface area (Å²) in [6.07, 6.45) is 7.10. The number of H-pyrrole nitrogens is 1. The summed E-state index contributed by atoms with van der Waals surface area (Å²) < 4.78 is 0. The van der Waals surface area contributed by atoms with Crippen molar-refractivity contribution in [2.24, 2.45) is 23.3 Å².